The lowest BCUT2D eigenvalue weighted by atomic mass is 9.88. The van der Waals surface area contributed by atoms with E-state index >= 15 is 0 Å². The average Bonchev–Trinajstić information content (AvgIpc) is 2.64. The molecule has 1 aromatic heterocycles. The van der Waals surface area contributed by atoms with Crippen molar-refractivity contribution in [1.82, 2.24) is 10.1 Å². The molecule has 1 rings (SSSR count). The predicted octanol–water partition coefficient (Wildman–Crippen LogP) is 2.85. The number of aromatic nitrogens is 2. The second-order valence-electron chi connectivity index (χ2n) is 6.21. The molecule has 0 fully saturated rings. The smallest absolute Gasteiger partial charge is 0.243 e. The van der Waals surface area contributed by atoms with Crippen molar-refractivity contribution in [3.05, 3.63) is 11.7 Å². The van der Waals surface area contributed by atoms with Crippen LogP contribution >= 0.6 is 0 Å². The zero-order valence-corrected chi connectivity index (χ0v) is 12.2. The summed E-state index contributed by atoms with van der Waals surface area (Å²) in [4.78, 5) is 4.37. The molecule has 0 saturated carbocycles. The molecule has 104 valence electrons. The Bertz CT molecular complexity index is 369. The summed E-state index contributed by atoms with van der Waals surface area (Å²) >= 11 is 0. The van der Waals surface area contributed by atoms with E-state index in [0.717, 1.165) is 6.42 Å². The maximum Gasteiger partial charge on any atom is 0.243 e. The van der Waals surface area contributed by atoms with E-state index in [1.54, 1.807) is 7.11 Å². The van der Waals surface area contributed by atoms with Crippen LogP contribution in [-0.4, -0.2) is 17.3 Å². The summed E-state index contributed by atoms with van der Waals surface area (Å²) in [6, 6.07) is -0.205. The molecule has 2 N–H and O–H groups in total. The van der Waals surface area contributed by atoms with E-state index in [2.05, 4.69) is 44.8 Å². The molecule has 1 aromatic rings. The zero-order chi connectivity index (χ0) is 13.9. The van der Waals surface area contributed by atoms with Gasteiger partial charge in [0.05, 0.1) is 6.04 Å². The van der Waals surface area contributed by atoms with Gasteiger partial charge in [-0.25, -0.2) is 0 Å². The van der Waals surface area contributed by atoms with Crippen LogP contribution in [0.15, 0.2) is 4.52 Å². The van der Waals surface area contributed by atoms with Gasteiger partial charge in [-0.1, -0.05) is 39.8 Å². The monoisotopic (exact) mass is 255 g/mol. The molecule has 5 heteroatoms. The fourth-order valence-electron chi connectivity index (χ4n) is 1.96. The largest absolute Gasteiger partial charge is 0.373 e. The summed E-state index contributed by atoms with van der Waals surface area (Å²) in [7, 11) is 1.65. The Kier molecular flexibility index (Phi) is 4.87. The molecule has 0 aliphatic rings. The number of nitrogens with two attached hydrogens (primary N) is 1. The highest BCUT2D eigenvalue weighted by Crippen LogP contribution is 2.34. The lowest BCUT2D eigenvalue weighted by Crippen LogP contribution is -2.21. The molecular formula is C13H25N3O2. The molecule has 0 aromatic carbocycles. The van der Waals surface area contributed by atoms with Crippen molar-refractivity contribution < 1.29 is 9.26 Å². The van der Waals surface area contributed by atoms with Gasteiger partial charge in [-0.2, -0.15) is 4.98 Å². The van der Waals surface area contributed by atoms with Crippen molar-refractivity contribution in [2.45, 2.75) is 53.2 Å². The molecule has 0 amide bonds. The van der Waals surface area contributed by atoms with Gasteiger partial charge < -0.3 is 15.0 Å². The van der Waals surface area contributed by atoms with E-state index < -0.39 is 0 Å². The standard InChI is InChI=1S/C13H25N3O2/c1-8(2)7-9(14)12-15-11(16-18-12)10(17-6)13(3,4)5/h8-10H,7,14H2,1-6H3/t9-,10?/m1/s1. The minimum atomic E-state index is -0.205. The highest BCUT2D eigenvalue weighted by atomic mass is 16.5. The Morgan fingerprint density at radius 2 is 1.94 bits per heavy atom. The number of rotatable bonds is 5. The van der Waals surface area contributed by atoms with Crippen molar-refractivity contribution in [3.63, 3.8) is 0 Å². The first-order valence-electron chi connectivity index (χ1n) is 6.37. The molecule has 0 spiro atoms. The molecule has 2 atom stereocenters. The molecule has 0 saturated heterocycles. The van der Waals surface area contributed by atoms with Crippen molar-refractivity contribution in [1.29, 1.82) is 0 Å². The van der Waals surface area contributed by atoms with Crippen LogP contribution in [0.25, 0.3) is 0 Å². The molecule has 0 bridgehead atoms. The van der Waals surface area contributed by atoms with Gasteiger partial charge in [-0.05, 0) is 17.8 Å². The van der Waals surface area contributed by atoms with Crippen LogP contribution in [0.2, 0.25) is 0 Å². The van der Waals surface area contributed by atoms with Crippen LogP contribution in [0.1, 0.15) is 64.9 Å². The second kappa shape index (κ2) is 5.80. The fraction of sp³-hybridized carbons (Fsp3) is 0.846. The first-order chi connectivity index (χ1) is 8.25. The number of nitrogens with zero attached hydrogens (tertiary/aromatic N) is 2. The normalized spacial score (nSPS) is 16.0. The van der Waals surface area contributed by atoms with E-state index in [1.807, 2.05) is 0 Å². The van der Waals surface area contributed by atoms with Crippen molar-refractivity contribution >= 4 is 0 Å². The van der Waals surface area contributed by atoms with Gasteiger partial charge >= 0.3 is 0 Å². The third-order valence-electron chi connectivity index (χ3n) is 2.76. The lowest BCUT2D eigenvalue weighted by Gasteiger charge is -2.26. The minimum absolute atomic E-state index is 0.0853. The van der Waals surface area contributed by atoms with Crippen LogP contribution in [-0.2, 0) is 4.74 Å². The molecule has 0 aliphatic carbocycles. The maximum atomic E-state index is 6.02. The molecule has 0 radical (unpaired) electrons. The Morgan fingerprint density at radius 3 is 2.39 bits per heavy atom. The zero-order valence-electron chi connectivity index (χ0n) is 12.2. The molecule has 5 nitrogen and oxygen atoms in total. The summed E-state index contributed by atoms with van der Waals surface area (Å²) < 4.78 is 10.7. The molecular weight excluding hydrogens is 230 g/mol. The fourth-order valence-corrected chi connectivity index (χ4v) is 1.96. The summed E-state index contributed by atoms with van der Waals surface area (Å²) in [6.45, 7) is 10.5. The first kappa shape index (κ1) is 15.1. The Morgan fingerprint density at radius 1 is 1.33 bits per heavy atom. The second-order valence-corrected chi connectivity index (χ2v) is 6.21. The van der Waals surface area contributed by atoms with Gasteiger partial charge in [0.2, 0.25) is 11.7 Å². The molecule has 1 heterocycles. The van der Waals surface area contributed by atoms with Crippen LogP contribution in [0.3, 0.4) is 0 Å². The van der Waals surface area contributed by atoms with E-state index in [9.17, 15) is 0 Å². The van der Waals surface area contributed by atoms with Crippen molar-refractivity contribution in [2.75, 3.05) is 7.11 Å². The van der Waals surface area contributed by atoms with Gasteiger partial charge in [-0.15, -0.1) is 0 Å². The van der Waals surface area contributed by atoms with Crippen LogP contribution in [0.5, 0.6) is 0 Å². The number of hydrogen-bond acceptors (Lipinski definition) is 5. The predicted molar refractivity (Wildman–Crippen MR) is 69.9 cm³/mol. The summed E-state index contributed by atoms with van der Waals surface area (Å²) in [5.41, 5.74) is 5.94. The van der Waals surface area contributed by atoms with Crippen LogP contribution in [0, 0.1) is 11.3 Å². The number of hydrogen-bond donors (Lipinski definition) is 1. The first-order valence-corrected chi connectivity index (χ1v) is 6.37. The number of methoxy groups -OCH3 is 1. The van der Waals surface area contributed by atoms with Crippen LogP contribution < -0.4 is 5.73 Å². The Labute approximate surface area is 109 Å². The summed E-state index contributed by atoms with van der Waals surface area (Å²) in [5.74, 6) is 1.56. The Balaban J connectivity index is 2.85. The average molecular weight is 255 g/mol. The topological polar surface area (TPSA) is 74.2 Å². The SMILES string of the molecule is COC(c1noc([C@H](N)CC(C)C)n1)C(C)(C)C. The molecule has 1 unspecified atom stereocenters. The van der Waals surface area contributed by atoms with E-state index in [4.69, 9.17) is 15.0 Å². The van der Waals surface area contributed by atoms with E-state index in [0.29, 0.717) is 17.6 Å². The quantitative estimate of drug-likeness (QED) is 0.875. The third-order valence-corrected chi connectivity index (χ3v) is 2.76. The van der Waals surface area contributed by atoms with E-state index in [1.165, 1.54) is 0 Å². The van der Waals surface area contributed by atoms with Gasteiger partial charge in [0.15, 0.2) is 0 Å². The number of ether oxygens (including phenoxy) is 1. The highest BCUT2D eigenvalue weighted by Gasteiger charge is 2.31. The van der Waals surface area contributed by atoms with Crippen LogP contribution in [0.4, 0.5) is 0 Å². The third kappa shape index (κ3) is 3.78. The summed E-state index contributed by atoms with van der Waals surface area (Å²) in [6.07, 6.45) is 0.635. The minimum Gasteiger partial charge on any atom is -0.373 e. The summed E-state index contributed by atoms with van der Waals surface area (Å²) in [5, 5.41) is 3.99. The van der Waals surface area contributed by atoms with Crippen molar-refractivity contribution in [3.8, 4) is 0 Å². The molecule has 18 heavy (non-hydrogen) atoms. The highest BCUT2D eigenvalue weighted by molar-refractivity contribution is 4.98. The van der Waals surface area contributed by atoms with Gasteiger partial charge in [0.25, 0.3) is 0 Å². The lowest BCUT2D eigenvalue weighted by molar-refractivity contribution is 0.00718. The van der Waals surface area contributed by atoms with E-state index in [-0.39, 0.29) is 17.6 Å². The van der Waals surface area contributed by atoms with Gasteiger partial charge in [0.1, 0.15) is 6.10 Å². The molecule has 0 aliphatic heterocycles. The van der Waals surface area contributed by atoms with Gasteiger partial charge in [-0.3, -0.25) is 0 Å². The van der Waals surface area contributed by atoms with Gasteiger partial charge in [0, 0.05) is 7.11 Å². The van der Waals surface area contributed by atoms with Crippen molar-refractivity contribution in [2.24, 2.45) is 17.1 Å². The Hall–Kier alpha value is -0.940. The maximum absolute atomic E-state index is 6.02.